The van der Waals surface area contributed by atoms with Gasteiger partial charge >= 0.3 is 0 Å². The number of hydrogen-bond donors (Lipinski definition) is 1. The molecule has 0 aliphatic carbocycles. The van der Waals surface area contributed by atoms with E-state index in [1.165, 1.54) is 0 Å². The number of ether oxygens (including phenoxy) is 2. The Morgan fingerprint density at radius 1 is 1.27 bits per heavy atom. The highest BCUT2D eigenvalue weighted by Gasteiger charge is 2.21. The maximum absolute atomic E-state index is 5.59. The van der Waals surface area contributed by atoms with Gasteiger partial charge in [-0.1, -0.05) is 30.3 Å². The molecule has 0 radical (unpaired) electrons. The number of methoxy groups -OCH3 is 1. The summed E-state index contributed by atoms with van der Waals surface area (Å²) in [5.41, 5.74) is 6.37. The Kier molecular flexibility index (Phi) is 4.75. The third-order valence-corrected chi connectivity index (χ3v) is 2.44. The predicted octanol–water partition coefficient (Wildman–Crippen LogP) is 1.57. The average molecular weight is 209 g/mol. The fourth-order valence-electron chi connectivity index (χ4n) is 1.16. The average Bonchev–Trinajstić information content (AvgIpc) is 2.30. The van der Waals surface area contributed by atoms with E-state index in [4.69, 9.17) is 15.2 Å². The summed E-state index contributed by atoms with van der Waals surface area (Å²) in [6, 6.07) is 10.1. The van der Waals surface area contributed by atoms with Gasteiger partial charge in [-0.25, -0.2) is 0 Å². The van der Waals surface area contributed by atoms with Gasteiger partial charge in [0.25, 0.3) is 0 Å². The highest BCUT2D eigenvalue weighted by molar-refractivity contribution is 5.13. The molecule has 0 heterocycles. The molecule has 3 nitrogen and oxygen atoms in total. The molecule has 0 saturated heterocycles. The van der Waals surface area contributed by atoms with Crippen molar-refractivity contribution in [2.45, 2.75) is 19.1 Å². The van der Waals surface area contributed by atoms with E-state index >= 15 is 0 Å². The molecule has 1 aromatic carbocycles. The second-order valence-electron chi connectivity index (χ2n) is 3.84. The normalized spacial score (nSPS) is 14.9. The molecular weight excluding hydrogens is 190 g/mol. The second kappa shape index (κ2) is 5.85. The van der Waals surface area contributed by atoms with Gasteiger partial charge in [0.15, 0.2) is 0 Å². The smallest absolute Gasteiger partial charge is 0.100 e. The van der Waals surface area contributed by atoms with Crippen molar-refractivity contribution in [2.75, 3.05) is 20.3 Å². The number of nitrogens with two attached hydrogens (primary N) is 1. The Morgan fingerprint density at radius 3 is 2.47 bits per heavy atom. The van der Waals surface area contributed by atoms with Crippen molar-refractivity contribution in [3.05, 3.63) is 35.9 Å². The van der Waals surface area contributed by atoms with E-state index in [-0.39, 0.29) is 5.60 Å². The van der Waals surface area contributed by atoms with Crippen molar-refractivity contribution in [3.63, 3.8) is 0 Å². The van der Waals surface area contributed by atoms with Gasteiger partial charge in [-0.3, -0.25) is 0 Å². The Labute approximate surface area is 91.2 Å². The quantitative estimate of drug-likeness (QED) is 0.773. The first kappa shape index (κ1) is 12.2. The topological polar surface area (TPSA) is 44.5 Å². The summed E-state index contributed by atoms with van der Waals surface area (Å²) in [4.78, 5) is 0. The molecule has 1 aromatic rings. The lowest BCUT2D eigenvalue weighted by Gasteiger charge is -2.25. The minimum absolute atomic E-state index is 0.380. The van der Waals surface area contributed by atoms with E-state index in [0.717, 1.165) is 5.56 Å². The van der Waals surface area contributed by atoms with E-state index in [0.29, 0.717) is 19.8 Å². The predicted molar refractivity (Wildman–Crippen MR) is 60.6 cm³/mol. The van der Waals surface area contributed by atoms with Crippen LogP contribution >= 0.6 is 0 Å². The Hall–Kier alpha value is -0.900. The van der Waals surface area contributed by atoms with Crippen LogP contribution in [0.3, 0.4) is 0 Å². The molecule has 2 N–H and O–H groups in total. The molecule has 0 bridgehead atoms. The van der Waals surface area contributed by atoms with Gasteiger partial charge in [0, 0.05) is 13.7 Å². The molecule has 0 amide bonds. The molecule has 0 aliphatic heterocycles. The summed E-state index contributed by atoms with van der Waals surface area (Å²) in [6.07, 6.45) is 0. The Bertz CT molecular complexity index is 270. The van der Waals surface area contributed by atoms with E-state index in [9.17, 15) is 0 Å². The fraction of sp³-hybridized carbons (Fsp3) is 0.500. The van der Waals surface area contributed by atoms with Gasteiger partial charge in [-0.05, 0) is 12.5 Å². The Morgan fingerprint density at radius 2 is 1.93 bits per heavy atom. The van der Waals surface area contributed by atoms with Crippen LogP contribution in [0.25, 0.3) is 0 Å². The third-order valence-electron chi connectivity index (χ3n) is 2.44. The molecule has 3 heteroatoms. The molecular formula is C12H19NO2. The number of rotatable bonds is 6. The van der Waals surface area contributed by atoms with Crippen molar-refractivity contribution in [1.29, 1.82) is 0 Å². The van der Waals surface area contributed by atoms with Crippen molar-refractivity contribution >= 4 is 0 Å². The first-order chi connectivity index (χ1) is 7.20. The van der Waals surface area contributed by atoms with Crippen LogP contribution in [-0.4, -0.2) is 25.9 Å². The molecule has 84 valence electrons. The zero-order valence-electron chi connectivity index (χ0n) is 9.40. The van der Waals surface area contributed by atoms with Gasteiger partial charge in [0.2, 0.25) is 0 Å². The molecule has 1 unspecified atom stereocenters. The van der Waals surface area contributed by atoms with Crippen LogP contribution in [-0.2, 0) is 16.1 Å². The zero-order valence-corrected chi connectivity index (χ0v) is 9.40. The molecule has 0 saturated carbocycles. The highest BCUT2D eigenvalue weighted by Crippen LogP contribution is 2.09. The maximum atomic E-state index is 5.59. The van der Waals surface area contributed by atoms with E-state index in [1.807, 2.05) is 37.3 Å². The molecule has 0 aliphatic rings. The van der Waals surface area contributed by atoms with E-state index < -0.39 is 0 Å². The zero-order chi connectivity index (χ0) is 11.1. The fourth-order valence-corrected chi connectivity index (χ4v) is 1.16. The van der Waals surface area contributed by atoms with Crippen molar-refractivity contribution < 1.29 is 9.47 Å². The van der Waals surface area contributed by atoms with Crippen molar-refractivity contribution in [1.82, 2.24) is 0 Å². The van der Waals surface area contributed by atoms with Crippen LogP contribution in [0, 0.1) is 0 Å². The number of hydrogen-bond acceptors (Lipinski definition) is 3. The van der Waals surface area contributed by atoms with Crippen LogP contribution in [0.1, 0.15) is 12.5 Å². The van der Waals surface area contributed by atoms with E-state index in [1.54, 1.807) is 7.11 Å². The monoisotopic (exact) mass is 209 g/mol. The van der Waals surface area contributed by atoms with Crippen molar-refractivity contribution in [2.24, 2.45) is 5.73 Å². The molecule has 0 fully saturated rings. The minimum atomic E-state index is -0.380. The Balaban J connectivity index is 2.33. The highest BCUT2D eigenvalue weighted by atomic mass is 16.5. The molecule has 1 atom stereocenters. The molecule has 0 spiro atoms. The van der Waals surface area contributed by atoms with Gasteiger partial charge in [-0.2, -0.15) is 0 Å². The summed E-state index contributed by atoms with van der Waals surface area (Å²) in [5, 5.41) is 0. The lowest BCUT2D eigenvalue weighted by Crippen LogP contribution is -2.41. The summed E-state index contributed by atoms with van der Waals surface area (Å²) in [5.74, 6) is 0. The minimum Gasteiger partial charge on any atom is -0.375 e. The summed E-state index contributed by atoms with van der Waals surface area (Å²) in [6.45, 7) is 3.50. The van der Waals surface area contributed by atoms with Crippen LogP contribution < -0.4 is 5.73 Å². The van der Waals surface area contributed by atoms with Crippen molar-refractivity contribution in [3.8, 4) is 0 Å². The lowest BCUT2D eigenvalue weighted by atomic mass is 10.1. The lowest BCUT2D eigenvalue weighted by molar-refractivity contribution is -0.0613. The van der Waals surface area contributed by atoms with Gasteiger partial charge < -0.3 is 15.2 Å². The molecule has 15 heavy (non-hydrogen) atoms. The first-order valence-corrected chi connectivity index (χ1v) is 5.07. The number of benzene rings is 1. The first-order valence-electron chi connectivity index (χ1n) is 5.07. The summed E-state index contributed by atoms with van der Waals surface area (Å²) >= 11 is 0. The van der Waals surface area contributed by atoms with Crippen LogP contribution in [0.5, 0.6) is 0 Å². The second-order valence-corrected chi connectivity index (χ2v) is 3.84. The van der Waals surface area contributed by atoms with Gasteiger partial charge in [-0.15, -0.1) is 0 Å². The largest absolute Gasteiger partial charge is 0.375 e. The maximum Gasteiger partial charge on any atom is 0.100 e. The van der Waals surface area contributed by atoms with E-state index in [2.05, 4.69) is 0 Å². The molecule has 0 aromatic heterocycles. The standard InChI is InChI=1S/C12H19NO2/c1-12(9-13,14-2)10-15-8-11-6-4-3-5-7-11/h3-7H,8-10,13H2,1-2H3. The van der Waals surface area contributed by atoms with Crippen LogP contribution in [0.2, 0.25) is 0 Å². The van der Waals surface area contributed by atoms with Crippen LogP contribution in [0.15, 0.2) is 30.3 Å². The third kappa shape index (κ3) is 4.00. The van der Waals surface area contributed by atoms with Gasteiger partial charge in [0.05, 0.1) is 13.2 Å². The summed E-state index contributed by atoms with van der Waals surface area (Å²) < 4.78 is 10.8. The molecule has 1 rings (SSSR count). The van der Waals surface area contributed by atoms with Gasteiger partial charge in [0.1, 0.15) is 5.60 Å². The summed E-state index contributed by atoms with van der Waals surface area (Å²) in [7, 11) is 1.65. The van der Waals surface area contributed by atoms with Crippen LogP contribution in [0.4, 0.5) is 0 Å². The SMILES string of the molecule is COC(C)(CN)COCc1ccccc1.